The van der Waals surface area contributed by atoms with Gasteiger partial charge in [0.1, 0.15) is 10.4 Å². The molecule has 0 aromatic carbocycles. The Balaban J connectivity index is 1.34. The van der Waals surface area contributed by atoms with E-state index >= 15 is 0 Å². The van der Waals surface area contributed by atoms with Crippen LogP contribution in [0.25, 0.3) is 0 Å². The van der Waals surface area contributed by atoms with E-state index in [2.05, 4.69) is 41.1 Å². The van der Waals surface area contributed by atoms with Gasteiger partial charge in [0.25, 0.3) is 11.8 Å². The van der Waals surface area contributed by atoms with Crippen LogP contribution in [0.2, 0.25) is 0 Å². The molecule has 7 nitrogen and oxygen atoms in total. The number of nitrogens with zero attached hydrogens (tertiary/aromatic N) is 5. The van der Waals surface area contributed by atoms with Crippen molar-refractivity contribution in [2.24, 2.45) is 5.41 Å². The number of amides is 1. The first-order valence-corrected chi connectivity index (χ1v) is 12.2. The fourth-order valence-electron chi connectivity index (χ4n) is 4.73. The molecule has 0 atom stereocenters. The van der Waals surface area contributed by atoms with E-state index in [9.17, 15) is 13.6 Å². The van der Waals surface area contributed by atoms with Gasteiger partial charge >= 0.3 is 0 Å². The standard InChI is InChI=1S/C23H27BrF2N6O/c1-15-12-19(30-21(28-15)32-10-6-23(25,26)7-11-32)29-20(33)16-14-27-18(24)13-17(16)31-8-4-22(2-3-22)5-9-31/h12-14H,2-11H2,1H3,(H,28,29,30,33). The second kappa shape index (κ2) is 8.45. The molecule has 4 heterocycles. The van der Waals surface area contributed by atoms with Crippen molar-refractivity contribution < 1.29 is 13.6 Å². The van der Waals surface area contributed by atoms with Crippen molar-refractivity contribution in [3.63, 3.8) is 0 Å². The summed E-state index contributed by atoms with van der Waals surface area (Å²) in [6.07, 6.45) is 6.07. The van der Waals surface area contributed by atoms with Crippen molar-refractivity contribution in [3.8, 4) is 0 Å². The van der Waals surface area contributed by atoms with Gasteiger partial charge in [-0.15, -0.1) is 0 Å². The Morgan fingerprint density at radius 2 is 1.67 bits per heavy atom. The maximum Gasteiger partial charge on any atom is 0.260 e. The lowest BCUT2D eigenvalue weighted by molar-refractivity contribution is -0.0222. The van der Waals surface area contributed by atoms with E-state index < -0.39 is 5.92 Å². The molecule has 2 saturated heterocycles. The van der Waals surface area contributed by atoms with Gasteiger partial charge in [0.2, 0.25) is 5.95 Å². The van der Waals surface area contributed by atoms with E-state index in [1.807, 2.05) is 6.07 Å². The van der Waals surface area contributed by atoms with E-state index in [0.717, 1.165) is 31.6 Å². The van der Waals surface area contributed by atoms with Gasteiger partial charge in [0, 0.05) is 57.0 Å². The molecule has 33 heavy (non-hydrogen) atoms. The number of hydrogen-bond acceptors (Lipinski definition) is 6. The molecule has 0 radical (unpaired) electrons. The van der Waals surface area contributed by atoms with E-state index in [4.69, 9.17) is 0 Å². The van der Waals surface area contributed by atoms with Crippen LogP contribution >= 0.6 is 15.9 Å². The Morgan fingerprint density at radius 3 is 2.33 bits per heavy atom. The Hall–Kier alpha value is -2.36. The fourth-order valence-corrected chi connectivity index (χ4v) is 5.05. The zero-order valence-electron chi connectivity index (χ0n) is 18.6. The summed E-state index contributed by atoms with van der Waals surface area (Å²) in [6, 6.07) is 3.58. The number of halogens is 3. The van der Waals surface area contributed by atoms with Crippen LogP contribution in [0.15, 0.2) is 22.9 Å². The molecular weight excluding hydrogens is 494 g/mol. The summed E-state index contributed by atoms with van der Waals surface area (Å²) in [7, 11) is 0. The number of anilines is 3. The number of rotatable bonds is 4. The molecule has 10 heteroatoms. The third-order valence-electron chi connectivity index (χ3n) is 7.08. The second-order valence-electron chi connectivity index (χ2n) is 9.50. The molecule has 176 valence electrons. The van der Waals surface area contributed by atoms with Crippen molar-refractivity contribution in [1.29, 1.82) is 0 Å². The lowest BCUT2D eigenvalue weighted by atomic mass is 9.93. The summed E-state index contributed by atoms with van der Waals surface area (Å²) in [5, 5.41) is 2.88. The van der Waals surface area contributed by atoms with Gasteiger partial charge in [-0.2, -0.15) is 4.98 Å². The number of aromatic nitrogens is 3. The summed E-state index contributed by atoms with van der Waals surface area (Å²) >= 11 is 3.44. The van der Waals surface area contributed by atoms with Gasteiger partial charge in [-0.3, -0.25) is 4.79 Å². The van der Waals surface area contributed by atoms with Crippen LogP contribution < -0.4 is 15.1 Å². The van der Waals surface area contributed by atoms with Crippen LogP contribution in [0.1, 0.15) is 54.6 Å². The summed E-state index contributed by atoms with van der Waals surface area (Å²) < 4.78 is 27.8. The second-order valence-corrected chi connectivity index (χ2v) is 10.3. The van der Waals surface area contributed by atoms with E-state index in [0.29, 0.717) is 33.0 Å². The Kier molecular flexibility index (Phi) is 5.74. The van der Waals surface area contributed by atoms with Crippen molar-refractivity contribution in [2.45, 2.75) is 51.4 Å². The molecule has 0 bridgehead atoms. The first-order valence-electron chi connectivity index (χ1n) is 11.4. The van der Waals surface area contributed by atoms with Gasteiger partial charge in [0.05, 0.1) is 11.3 Å². The molecule has 2 aromatic heterocycles. The molecule has 1 amide bonds. The molecule has 5 rings (SSSR count). The van der Waals surface area contributed by atoms with Gasteiger partial charge in [-0.05, 0) is 60.0 Å². The molecular formula is C23H27BrF2N6O. The minimum atomic E-state index is -2.64. The van der Waals surface area contributed by atoms with Crippen LogP contribution in [0.3, 0.4) is 0 Å². The quantitative estimate of drug-likeness (QED) is 0.583. The molecule has 3 fully saturated rings. The summed E-state index contributed by atoms with van der Waals surface area (Å²) in [6.45, 7) is 4.01. The predicted molar refractivity (Wildman–Crippen MR) is 126 cm³/mol. The summed E-state index contributed by atoms with van der Waals surface area (Å²) in [4.78, 5) is 30.4. The number of nitrogens with one attached hydrogen (secondary N) is 1. The highest BCUT2D eigenvalue weighted by molar-refractivity contribution is 9.10. The molecule has 2 aromatic rings. The van der Waals surface area contributed by atoms with Crippen LogP contribution in [-0.2, 0) is 0 Å². The summed E-state index contributed by atoms with van der Waals surface area (Å²) in [5.41, 5.74) is 2.54. The van der Waals surface area contributed by atoms with Crippen LogP contribution in [0, 0.1) is 12.3 Å². The molecule has 0 unspecified atom stereocenters. The molecule has 1 N–H and O–H groups in total. The van der Waals surface area contributed by atoms with Crippen LogP contribution in [0.4, 0.5) is 26.2 Å². The van der Waals surface area contributed by atoms with Gasteiger partial charge in [0.15, 0.2) is 0 Å². The van der Waals surface area contributed by atoms with Crippen molar-refractivity contribution in [2.75, 3.05) is 41.3 Å². The van der Waals surface area contributed by atoms with Crippen LogP contribution in [0.5, 0.6) is 0 Å². The highest BCUT2D eigenvalue weighted by Crippen LogP contribution is 2.54. The number of carbonyl (C=O) groups excluding carboxylic acids is 1. The normalized spacial score (nSPS) is 21.2. The highest BCUT2D eigenvalue weighted by Gasteiger charge is 2.44. The van der Waals surface area contributed by atoms with E-state index in [1.165, 1.54) is 12.8 Å². The predicted octanol–water partition coefficient (Wildman–Crippen LogP) is 4.81. The van der Waals surface area contributed by atoms with Gasteiger partial charge in [-0.25, -0.2) is 18.7 Å². The first kappa shape index (κ1) is 22.4. The van der Waals surface area contributed by atoms with Crippen molar-refractivity contribution in [1.82, 2.24) is 15.0 Å². The van der Waals surface area contributed by atoms with Crippen molar-refractivity contribution in [3.05, 3.63) is 34.2 Å². The van der Waals surface area contributed by atoms with Gasteiger partial charge < -0.3 is 15.1 Å². The van der Waals surface area contributed by atoms with E-state index in [1.54, 1.807) is 24.1 Å². The topological polar surface area (TPSA) is 74.2 Å². The number of hydrogen-bond donors (Lipinski definition) is 1. The van der Waals surface area contributed by atoms with Crippen LogP contribution in [-0.4, -0.2) is 53.0 Å². The minimum absolute atomic E-state index is 0.182. The zero-order valence-corrected chi connectivity index (χ0v) is 20.2. The average molecular weight is 521 g/mol. The minimum Gasteiger partial charge on any atom is -0.371 e. The SMILES string of the molecule is Cc1cc(NC(=O)c2cnc(Br)cc2N2CCC3(CC2)CC3)nc(N2CCC(F)(F)CC2)n1. The first-order chi connectivity index (χ1) is 15.7. The molecule has 1 saturated carbocycles. The Morgan fingerprint density at radius 1 is 1.00 bits per heavy atom. The molecule has 2 aliphatic heterocycles. The zero-order chi connectivity index (χ0) is 23.2. The Bertz CT molecular complexity index is 1060. The number of alkyl halides is 2. The number of pyridine rings is 1. The third-order valence-corrected chi connectivity index (χ3v) is 7.51. The number of aryl methyl sites for hydroxylation is 1. The maximum absolute atomic E-state index is 13.5. The largest absolute Gasteiger partial charge is 0.371 e. The lowest BCUT2D eigenvalue weighted by Gasteiger charge is -2.34. The van der Waals surface area contributed by atoms with Gasteiger partial charge in [-0.1, -0.05) is 0 Å². The molecule has 1 aliphatic carbocycles. The Labute approximate surface area is 200 Å². The smallest absolute Gasteiger partial charge is 0.260 e. The lowest BCUT2D eigenvalue weighted by Crippen LogP contribution is -2.40. The number of piperidine rings is 2. The molecule has 1 spiro atoms. The monoisotopic (exact) mass is 520 g/mol. The van der Waals surface area contributed by atoms with E-state index in [-0.39, 0.29) is 31.8 Å². The average Bonchev–Trinajstić information content (AvgIpc) is 3.52. The molecule has 3 aliphatic rings. The fraction of sp³-hybridized carbons (Fsp3) is 0.565. The third kappa shape index (κ3) is 4.95. The maximum atomic E-state index is 13.5. The van der Waals surface area contributed by atoms with Crippen molar-refractivity contribution >= 4 is 39.3 Å². The highest BCUT2D eigenvalue weighted by atomic mass is 79.9. The summed E-state index contributed by atoms with van der Waals surface area (Å²) in [5.74, 6) is -2.23. The number of carbonyl (C=O) groups is 1.